The van der Waals surface area contributed by atoms with Gasteiger partial charge in [0.15, 0.2) is 17.3 Å². The van der Waals surface area contributed by atoms with Crippen LogP contribution < -0.4 is 9.47 Å². The molecule has 0 aliphatic carbocycles. The van der Waals surface area contributed by atoms with Crippen molar-refractivity contribution in [3.05, 3.63) is 59.2 Å². The summed E-state index contributed by atoms with van der Waals surface area (Å²) < 4.78 is 26.1. The molecule has 0 aromatic heterocycles. The summed E-state index contributed by atoms with van der Waals surface area (Å²) in [7, 11) is 0. The molecule has 0 amide bonds. The quantitative estimate of drug-likeness (QED) is 0.219. The third kappa shape index (κ3) is 8.13. The maximum atomic E-state index is 13.5. The Labute approximate surface area is 204 Å². The van der Waals surface area contributed by atoms with E-state index in [2.05, 4.69) is 0 Å². The van der Waals surface area contributed by atoms with Gasteiger partial charge in [-0.05, 0) is 60.6 Å². The minimum absolute atomic E-state index is 0.0379. The Balaban J connectivity index is 2.71. The van der Waals surface area contributed by atoms with Crippen LogP contribution in [-0.2, 0) is 14.2 Å². The standard InChI is InChI=1S/C26H30O9/c1-8-31-22(28)17-14-15-18(32-23(29)34-25(2,3)4)21(33-24(30)35-26(5,6)7)19(17)20(27)16-12-10-9-11-13-16/h9-15H,8H2,1-7H3. The molecule has 2 aromatic rings. The molecule has 2 aromatic carbocycles. The van der Waals surface area contributed by atoms with Gasteiger partial charge >= 0.3 is 18.3 Å². The molecule has 9 nitrogen and oxygen atoms in total. The molecule has 0 saturated carbocycles. The molecule has 0 N–H and O–H groups in total. The number of carbonyl (C=O) groups excluding carboxylic acids is 4. The highest BCUT2D eigenvalue weighted by Gasteiger charge is 2.31. The SMILES string of the molecule is CCOC(=O)c1ccc(OC(=O)OC(C)(C)C)c(OC(=O)OC(C)(C)C)c1C(=O)c1ccccc1. The van der Waals surface area contributed by atoms with Crippen LogP contribution in [0.5, 0.6) is 11.5 Å². The van der Waals surface area contributed by atoms with Crippen molar-refractivity contribution in [1.82, 2.24) is 0 Å². The molecule has 2 rings (SSSR count). The van der Waals surface area contributed by atoms with Crippen molar-refractivity contribution in [2.75, 3.05) is 6.61 Å². The van der Waals surface area contributed by atoms with Gasteiger partial charge < -0.3 is 23.7 Å². The molecule has 0 unspecified atom stereocenters. The van der Waals surface area contributed by atoms with Crippen molar-refractivity contribution in [3.63, 3.8) is 0 Å². The largest absolute Gasteiger partial charge is 0.514 e. The second-order valence-corrected chi connectivity index (χ2v) is 9.36. The molecule has 0 heterocycles. The third-order valence-corrected chi connectivity index (χ3v) is 4.04. The van der Waals surface area contributed by atoms with Crippen LogP contribution in [0.15, 0.2) is 42.5 Å². The van der Waals surface area contributed by atoms with Crippen LogP contribution >= 0.6 is 0 Å². The van der Waals surface area contributed by atoms with Gasteiger partial charge in [-0.3, -0.25) is 4.79 Å². The topological polar surface area (TPSA) is 114 Å². The van der Waals surface area contributed by atoms with Crippen molar-refractivity contribution >= 4 is 24.1 Å². The number of ketones is 1. The average molecular weight is 487 g/mol. The summed E-state index contributed by atoms with van der Waals surface area (Å²) in [5, 5.41) is 0. The van der Waals surface area contributed by atoms with Gasteiger partial charge in [-0.1, -0.05) is 30.3 Å². The Hall–Kier alpha value is -3.88. The van der Waals surface area contributed by atoms with Crippen LogP contribution in [0.3, 0.4) is 0 Å². The number of benzene rings is 2. The molecule has 35 heavy (non-hydrogen) atoms. The molecule has 0 aliphatic heterocycles. The van der Waals surface area contributed by atoms with E-state index in [1.807, 2.05) is 0 Å². The van der Waals surface area contributed by atoms with E-state index < -0.39 is 41.0 Å². The highest BCUT2D eigenvalue weighted by atomic mass is 16.8. The van der Waals surface area contributed by atoms with E-state index in [0.717, 1.165) is 0 Å². The zero-order valence-corrected chi connectivity index (χ0v) is 20.9. The summed E-state index contributed by atoms with van der Waals surface area (Å²) in [5.41, 5.74) is -2.12. The molecule has 0 radical (unpaired) electrons. The van der Waals surface area contributed by atoms with E-state index in [1.54, 1.807) is 66.7 Å². The van der Waals surface area contributed by atoms with Gasteiger partial charge in [0.25, 0.3) is 0 Å². The van der Waals surface area contributed by atoms with Crippen LogP contribution in [0.25, 0.3) is 0 Å². The number of esters is 1. The second-order valence-electron chi connectivity index (χ2n) is 9.36. The highest BCUT2D eigenvalue weighted by Crippen LogP contribution is 2.37. The Kier molecular flexibility index (Phi) is 8.62. The van der Waals surface area contributed by atoms with E-state index in [1.165, 1.54) is 24.3 Å². The number of hydrogen-bond donors (Lipinski definition) is 0. The molecule has 0 bridgehead atoms. The van der Waals surface area contributed by atoms with Crippen LogP contribution in [0.4, 0.5) is 9.59 Å². The van der Waals surface area contributed by atoms with Gasteiger partial charge in [0.1, 0.15) is 11.2 Å². The first-order valence-electron chi connectivity index (χ1n) is 11.0. The van der Waals surface area contributed by atoms with Crippen molar-refractivity contribution in [1.29, 1.82) is 0 Å². The van der Waals surface area contributed by atoms with E-state index in [-0.39, 0.29) is 29.0 Å². The van der Waals surface area contributed by atoms with Gasteiger partial charge in [-0.25, -0.2) is 14.4 Å². The first-order valence-corrected chi connectivity index (χ1v) is 11.0. The fourth-order valence-corrected chi connectivity index (χ4v) is 2.80. The summed E-state index contributed by atoms with van der Waals surface area (Å²) in [6, 6.07) is 10.5. The molecular weight excluding hydrogens is 456 g/mol. The van der Waals surface area contributed by atoms with Gasteiger partial charge in [0, 0.05) is 5.56 Å². The van der Waals surface area contributed by atoms with E-state index in [9.17, 15) is 19.2 Å². The molecular formula is C26H30O9. The van der Waals surface area contributed by atoms with Gasteiger partial charge in [-0.15, -0.1) is 0 Å². The van der Waals surface area contributed by atoms with Crippen molar-refractivity contribution in [2.45, 2.75) is 59.7 Å². The van der Waals surface area contributed by atoms with Gasteiger partial charge in [0.05, 0.1) is 17.7 Å². The summed E-state index contributed by atoms with van der Waals surface area (Å²) in [6.07, 6.45) is -2.27. The molecule has 0 spiro atoms. The Bertz CT molecular complexity index is 1090. The first kappa shape index (κ1) is 27.4. The molecule has 0 atom stereocenters. The number of ether oxygens (including phenoxy) is 5. The zero-order chi connectivity index (χ0) is 26.4. The fraction of sp³-hybridized carbons (Fsp3) is 0.385. The van der Waals surface area contributed by atoms with Crippen molar-refractivity contribution in [2.24, 2.45) is 0 Å². The predicted octanol–water partition coefficient (Wildman–Crippen LogP) is 5.72. The number of hydrogen-bond acceptors (Lipinski definition) is 9. The summed E-state index contributed by atoms with van der Waals surface area (Å²) in [6.45, 7) is 11.4. The number of carbonyl (C=O) groups is 4. The lowest BCUT2D eigenvalue weighted by Crippen LogP contribution is -2.28. The smallest absolute Gasteiger partial charge is 0.462 e. The van der Waals surface area contributed by atoms with Crippen LogP contribution in [-0.4, -0.2) is 41.9 Å². The normalized spacial score (nSPS) is 11.3. The van der Waals surface area contributed by atoms with Crippen LogP contribution in [0.1, 0.15) is 74.7 Å². The van der Waals surface area contributed by atoms with Gasteiger partial charge in [-0.2, -0.15) is 0 Å². The van der Waals surface area contributed by atoms with Crippen LogP contribution in [0.2, 0.25) is 0 Å². The van der Waals surface area contributed by atoms with E-state index in [0.29, 0.717) is 0 Å². The molecule has 0 aliphatic rings. The van der Waals surface area contributed by atoms with E-state index in [4.69, 9.17) is 23.7 Å². The summed E-state index contributed by atoms with van der Waals surface area (Å²) in [4.78, 5) is 51.2. The molecule has 9 heteroatoms. The lowest BCUT2D eigenvalue weighted by Gasteiger charge is -2.22. The van der Waals surface area contributed by atoms with Gasteiger partial charge in [0.2, 0.25) is 0 Å². The molecule has 188 valence electrons. The molecule has 0 saturated heterocycles. The second kappa shape index (κ2) is 11.0. The summed E-state index contributed by atoms with van der Waals surface area (Å²) in [5.74, 6) is -2.30. The minimum atomic E-state index is -1.17. The Morgan fingerprint density at radius 2 is 1.29 bits per heavy atom. The molecule has 0 fully saturated rings. The zero-order valence-electron chi connectivity index (χ0n) is 20.9. The Morgan fingerprint density at radius 1 is 0.743 bits per heavy atom. The van der Waals surface area contributed by atoms with E-state index >= 15 is 0 Å². The highest BCUT2D eigenvalue weighted by molar-refractivity contribution is 6.17. The number of rotatable bonds is 6. The lowest BCUT2D eigenvalue weighted by molar-refractivity contribution is 0.0136. The average Bonchev–Trinajstić information content (AvgIpc) is 2.72. The lowest BCUT2D eigenvalue weighted by atomic mass is 9.96. The third-order valence-electron chi connectivity index (χ3n) is 4.04. The summed E-state index contributed by atoms with van der Waals surface area (Å²) >= 11 is 0. The van der Waals surface area contributed by atoms with Crippen molar-refractivity contribution in [3.8, 4) is 11.5 Å². The van der Waals surface area contributed by atoms with Crippen molar-refractivity contribution < 1.29 is 42.9 Å². The maximum absolute atomic E-state index is 13.5. The monoisotopic (exact) mass is 486 g/mol. The minimum Gasteiger partial charge on any atom is -0.462 e. The fourth-order valence-electron chi connectivity index (χ4n) is 2.80. The maximum Gasteiger partial charge on any atom is 0.514 e. The Morgan fingerprint density at radius 3 is 1.80 bits per heavy atom. The van der Waals surface area contributed by atoms with Crippen LogP contribution in [0, 0.1) is 0 Å². The predicted molar refractivity (Wildman–Crippen MR) is 126 cm³/mol. The first-order chi connectivity index (χ1) is 16.2.